The Morgan fingerprint density at radius 2 is 1.23 bits per heavy atom. The lowest BCUT2D eigenvalue weighted by atomic mass is 9.97. The number of aromatic nitrogens is 6. The molecule has 0 saturated carbocycles. The van der Waals surface area contributed by atoms with E-state index in [1.165, 1.54) is 24.3 Å². The van der Waals surface area contributed by atoms with Crippen molar-refractivity contribution < 1.29 is 18.3 Å². The number of hydrogen-bond acceptors (Lipinski definition) is 12. The van der Waals surface area contributed by atoms with Crippen LogP contribution in [0.4, 0.5) is 31.8 Å². The first-order valence-corrected chi connectivity index (χ1v) is 23.0. The van der Waals surface area contributed by atoms with Crippen LogP contribution in [0.15, 0.2) is 134 Å². The molecule has 4 aromatic heterocycles. The van der Waals surface area contributed by atoms with Crippen molar-refractivity contribution >= 4 is 23.0 Å². The van der Waals surface area contributed by atoms with Gasteiger partial charge in [0.25, 0.3) is 0 Å². The second-order valence-electron chi connectivity index (χ2n) is 17.7. The van der Waals surface area contributed by atoms with Gasteiger partial charge in [-0.15, -0.1) is 0 Å². The molecule has 1 unspecified atom stereocenters. The van der Waals surface area contributed by atoms with Gasteiger partial charge in [0.15, 0.2) is 0 Å². The standard InChI is InChI=1S/C53H54F2N12O2/c1-62-19-22-64(23-20-62)38-11-14-43(47-31-59-52(56)28-44(47)48-15-17-60-66(48)32-35-7-9-36(54)10-8-35)51(27-38)69-34-41-33-65(24-21-63(41)2)39-12-13-42(50(26-39)68-3)46-30-58-53(57)29-45(46)49-16-18-61-67(49)40-6-4-5-37(55)25-40/h4-18,25-31,41H,19-24,32-34H2,1-3H3,(H2,56,59)(H2,57,58). The van der Waals surface area contributed by atoms with Crippen molar-refractivity contribution in [1.82, 2.24) is 39.3 Å². The topological polar surface area (TPSA) is 145 Å². The zero-order valence-electron chi connectivity index (χ0n) is 38.8. The molecule has 1 atom stereocenters. The molecule has 8 aromatic rings. The van der Waals surface area contributed by atoms with Crippen LogP contribution in [0.2, 0.25) is 0 Å². The molecule has 2 aliphatic heterocycles. The highest BCUT2D eigenvalue weighted by Crippen LogP contribution is 2.42. The minimum Gasteiger partial charge on any atom is -0.496 e. The first-order valence-electron chi connectivity index (χ1n) is 23.0. The van der Waals surface area contributed by atoms with Crippen LogP contribution in [-0.2, 0) is 6.54 Å². The highest BCUT2D eigenvalue weighted by Gasteiger charge is 2.28. The molecule has 69 heavy (non-hydrogen) atoms. The number of methoxy groups -OCH3 is 1. The van der Waals surface area contributed by atoms with Gasteiger partial charge in [0, 0.05) is 121 Å². The number of ether oxygens (including phenoxy) is 2. The Hall–Kier alpha value is -7.82. The van der Waals surface area contributed by atoms with E-state index in [2.05, 4.69) is 90.3 Å². The predicted octanol–water partition coefficient (Wildman–Crippen LogP) is 7.98. The monoisotopic (exact) mass is 928 g/mol. The number of pyridine rings is 2. The van der Waals surface area contributed by atoms with E-state index in [1.807, 2.05) is 41.2 Å². The fraction of sp³-hybridized carbons (Fsp3) is 0.245. The Bertz CT molecular complexity index is 3090. The van der Waals surface area contributed by atoms with E-state index in [9.17, 15) is 8.78 Å². The van der Waals surface area contributed by atoms with Crippen molar-refractivity contribution in [2.45, 2.75) is 12.6 Å². The van der Waals surface area contributed by atoms with E-state index in [1.54, 1.807) is 48.6 Å². The summed E-state index contributed by atoms with van der Waals surface area (Å²) in [5.41, 5.74) is 22.8. The van der Waals surface area contributed by atoms with E-state index >= 15 is 0 Å². The molecule has 0 amide bonds. The lowest BCUT2D eigenvalue weighted by molar-refractivity contribution is 0.148. The number of hydrogen-bond donors (Lipinski definition) is 2. The number of halogens is 2. The fourth-order valence-corrected chi connectivity index (χ4v) is 9.33. The number of nitrogen functional groups attached to an aromatic ring is 2. The summed E-state index contributed by atoms with van der Waals surface area (Å²) in [6, 6.07) is 33.0. The van der Waals surface area contributed by atoms with E-state index in [4.69, 9.17) is 20.9 Å². The van der Waals surface area contributed by atoms with Crippen LogP contribution in [0.1, 0.15) is 5.56 Å². The molecule has 0 spiro atoms. The van der Waals surface area contributed by atoms with E-state index in [-0.39, 0.29) is 17.7 Å². The Labute approximate surface area is 399 Å². The second kappa shape index (κ2) is 19.4. The number of nitrogens with two attached hydrogens (primary N) is 2. The molecule has 6 heterocycles. The zero-order valence-corrected chi connectivity index (χ0v) is 38.8. The van der Waals surface area contributed by atoms with Crippen molar-refractivity contribution in [3.63, 3.8) is 0 Å². The predicted molar refractivity (Wildman–Crippen MR) is 268 cm³/mol. The van der Waals surface area contributed by atoms with E-state index in [0.717, 1.165) is 107 Å². The molecule has 2 fully saturated rings. The summed E-state index contributed by atoms with van der Waals surface area (Å²) in [7, 11) is 5.97. The first-order chi connectivity index (χ1) is 33.6. The maximum absolute atomic E-state index is 14.3. The van der Waals surface area contributed by atoms with Crippen molar-refractivity contribution in [3.8, 4) is 62.0 Å². The average molecular weight is 929 g/mol. The summed E-state index contributed by atoms with van der Waals surface area (Å²) >= 11 is 0. The van der Waals surface area contributed by atoms with Gasteiger partial charge in [0.05, 0.1) is 43.0 Å². The molecule has 0 aliphatic carbocycles. The number of anilines is 4. The summed E-state index contributed by atoms with van der Waals surface area (Å²) in [4.78, 5) is 18.5. The van der Waals surface area contributed by atoms with Gasteiger partial charge in [-0.1, -0.05) is 18.2 Å². The van der Waals surface area contributed by atoms with E-state index < -0.39 is 0 Å². The third kappa shape index (κ3) is 9.53. The van der Waals surface area contributed by atoms with Gasteiger partial charge in [-0.3, -0.25) is 9.58 Å². The number of likely N-dealkylation sites (N-methyl/N-ethyl adjacent to an activating group) is 2. The largest absolute Gasteiger partial charge is 0.496 e. The van der Waals surface area contributed by atoms with Gasteiger partial charge >= 0.3 is 0 Å². The summed E-state index contributed by atoms with van der Waals surface area (Å²) < 4.78 is 44.9. The average Bonchev–Trinajstić information content (AvgIpc) is 4.05. The minimum absolute atomic E-state index is 0.0294. The Kier molecular flexibility index (Phi) is 12.7. The molecular formula is C53H54F2N12O2. The van der Waals surface area contributed by atoms with Crippen molar-refractivity contribution in [2.75, 3.05) is 94.9 Å². The molecule has 10 rings (SSSR count). The third-order valence-corrected chi connectivity index (χ3v) is 13.2. The molecule has 0 radical (unpaired) electrons. The van der Waals surface area contributed by atoms with Crippen LogP contribution >= 0.6 is 0 Å². The van der Waals surface area contributed by atoms with Crippen molar-refractivity contribution in [1.29, 1.82) is 0 Å². The molecule has 16 heteroatoms. The summed E-state index contributed by atoms with van der Waals surface area (Å²) in [5.74, 6) is 1.49. The molecule has 4 N–H and O–H groups in total. The molecule has 2 aliphatic rings. The van der Waals surface area contributed by atoms with Crippen LogP contribution in [0.5, 0.6) is 11.5 Å². The Morgan fingerprint density at radius 3 is 1.94 bits per heavy atom. The van der Waals surface area contributed by atoms with Crippen LogP contribution in [-0.4, -0.2) is 119 Å². The molecule has 0 bridgehead atoms. The molecule has 352 valence electrons. The van der Waals surface area contributed by atoms with Crippen LogP contribution in [0, 0.1) is 11.6 Å². The maximum Gasteiger partial charge on any atom is 0.129 e. The summed E-state index contributed by atoms with van der Waals surface area (Å²) in [6.45, 7) is 6.93. The Morgan fingerprint density at radius 1 is 0.594 bits per heavy atom. The van der Waals surface area contributed by atoms with Gasteiger partial charge in [-0.2, -0.15) is 10.2 Å². The number of piperazine rings is 2. The highest BCUT2D eigenvalue weighted by atomic mass is 19.1. The van der Waals surface area contributed by atoms with Gasteiger partial charge in [-0.25, -0.2) is 23.4 Å². The smallest absolute Gasteiger partial charge is 0.129 e. The molecule has 4 aromatic carbocycles. The quantitative estimate of drug-likeness (QED) is 0.116. The number of nitrogens with zero attached hydrogens (tertiary/aromatic N) is 10. The summed E-state index contributed by atoms with van der Waals surface area (Å²) in [5, 5.41) is 9.19. The zero-order chi connectivity index (χ0) is 47.6. The lowest BCUT2D eigenvalue weighted by Gasteiger charge is -2.40. The van der Waals surface area contributed by atoms with Crippen LogP contribution in [0.25, 0.3) is 50.5 Å². The maximum atomic E-state index is 14.3. The highest BCUT2D eigenvalue weighted by molar-refractivity contribution is 5.88. The third-order valence-electron chi connectivity index (χ3n) is 13.2. The molecule has 2 saturated heterocycles. The van der Waals surface area contributed by atoms with Crippen molar-refractivity contribution in [3.05, 3.63) is 151 Å². The van der Waals surface area contributed by atoms with Crippen LogP contribution < -0.4 is 30.7 Å². The number of benzene rings is 4. The summed E-state index contributed by atoms with van der Waals surface area (Å²) in [6.07, 6.45) is 7.00. The second-order valence-corrected chi connectivity index (χ2v) is 17.7. The van der Waals surface area contributed by atoms with Gasteiger partial charge in [0.1, 0.15) is 41.4 Å². The SMILES string of the molecule is COc1cc(N2CCN(C)C(COc3cc(N4CCN(C)CC4)ccc3-c3cnc(N)cc3-c3ccnn3Cc3ccc(F)cc3)C2)ccc1-c1cnc(N)cc1-c1ccnn1-c1cccc(F)c1. The number of rotatable bonds is 13. The minimum atomic E-state index is -0.357. The molecule has 14 nitrogen and oxygen atoms in total. The lowest BCUT2D eigenvalue weighted by Crippen LogP contribution is -2.53. The Balaban J connectivity index is 0.939. The van der Waals surface area contributed by atoms with Crippen LogP contribution in [0.3, 0.4) is 0 Å². The normalized spacial score (nSPS) is 15.7. The van der Waals surface area contributed by atoms with Gasteiger partial charge in [-0.05, 0) is 98.5 Å². The fourth-order valence-electron chi connectivity index (χ4n) is 9.33. The van der Waals surface area contributed by atoms with Crippen molar-refractivity contribution in [2.24, 2.45) is 0 Å². The van der Waals surface area contributed by atoms with Gasteiger partial charge < -0.3 is 35.6 Å². The van der Waals surface area contributed by atoms with E-state index in [0.29, 0.717) is 42.8 Å². The van der Waals surface area contributed by atoms with Gasteiger partial charge in [0.2, 0.25) is 0 Å². The first kappa shape index (κ1) is 45.0. The molecular weight excluding hydrogens is 875 g/mol.